The first-order chi connectivity index (χ1) is 4.83. The van der Waals surface area contributed by atoms with E-state index in [9.17, 15) is 0 Å². The highest BCUT2D eigenvalue weighted by Crippen LogP contribution is 2.18. The minimum absolute atomic E-state index is 0.719. The van der Waals surface area contributed by atoms with Gasteiger partial charge in [0, 0.05) is 0 Å². The minimum atomic E-state index is 0.719. The van der Waals surface area contributed by atoms with Crippen LogP contribution in [0.4, 0.5) is 0 Å². The highest BCUT2D eigenvalue weighted by molar-refractivity contribution is 5.27. The summed E-state index contributed by atoms with van der Waals surface area (Å²) < 4.78 is 0. The van der Waals surface area contributed by atoms with Gasteiger partial charge >= 0.3 is 0 Å². The van der Waals surface area contributed by atoms with E-state index < -0.39 is 0 Å². The topological polar surface area (TPSA) is 0 Å². The van der Waals surface area contributed by atoms with Crippen LogP contribution < -0.4 is 0 Å². The van der Waals surface area contributed by atoms with E-state index in [0.717, 1.165) is 5.92 Å². The lowest BCUT2D eigenvalue weighted by molar-refractivity contribution is 0.718. The summed E-state index contributed by atoms with van der Waals surface area (Å²) in [5.74, 6) is 0.719. The summed E-state index contributed by atoms with van der Waals surface area (Å²) in [6.45, 7) is 4.30. The lowest BCUT2D eigenvalue weighted by Crippen LogP contribution is -1.94. The molecule has 0 spiro atoms. The first kappa shape index (κ1) is 7.33. The van der Waals surface area contributed by atoms with Crippen LogP contribution in [0.25, 0.3) is 0 Å². The Kier molecular flexibility index (Phi) is 2.49. The number of allylic oxidation sites excluding steroid dienone is 6. The normalized spacial score (nSPS) is 25.4. The third-order valence-corrected chi connectivity index (χ3v) is 1.69. The molecule has 0 aromatic rings. The SMILES string of the molecule is C/C=C\C1=CC=CC(C)C1. The van der Waals surface area contributed by atoms with E-state index in [1.165, 1.54) is 12.0 Å². The number of rotatable bonds is 1. The van der Waals surface area contributed by atoms with Gasteiger partial charge in [0.15, 0.2) is 0 Å². The zero-order valence-electron chi connectivity index (χ0n) is 6.67. The maximum atomic E-state index is 2.24. The molecule has 0 fully saturated rings. The zero-order chi connectivity index (χ0) is 7.40. The molecule has 0 aliphatic heterocycles. The fourth-order valence-electron chi connectivity index (χ4n) is 1.21. The molecule has 0 N–H and O–H groups in total. The van der Waals surface area contributed by atoms with Gasteiger partial charge in [-0.05, 0) is 24.8 Å². The molecule has 54 valence electrons. The first-order valence-electron chi connectivity index (χ1n) is 3.83. The minimum Gasteiger partial charge on any atom is -0.0874 e. The molecule has 1 rings (SSSR count). The van der Waals surface area contributed by atoms with E-state index in [1.807, 2.05) is 0 Å². The zero-order valence-corrected chi connectivity index (χ0v) is 6.67. The molecule has 1 aliphatic rings. The molecule has 0 amide bonds. The monoisotopic (exact) mass is 134 g/mol. The van der Waals surface area contributed by atoms with Crippen LogP contribution >= 0.6 is 0 Å². The van der Waals surface area contributed by atoms with Crippen LogP contribution in [-0.2, 0) is 0 Å². The maximum Gasteiger partial charge on any atom is -0.0218 e. The van der Waals surface area contributed by atoms with Crippen molar-refractivity contribution in [1.29, 1.82) is 0 Å². The molecule has 0 heteroatoms. The van der Waals surface area contributed by atoms with Gasteiger partial charge in [0.25, 0.3) is 0 Å². The van der Waals surface area contributed by atoms with Gasteiger partial charge in [-0.3, -0.25) is 0 Å². The van der Waals surface area contributed by atoms with E-state index in [-0.39, 0.29) is 0 Å². The smallest absolute Gasteiger partial charge is 0.0218 e. The molecule has 0 heterocycles. The summed E-state index contributed by atoms with van der Waals surface area (Å²) in [7, 11) is 0. The van der Waals surface area contributed by atoms with Crippen LogP contribution in [0.3, 0.4) is 0 Å². The van der Waals surface area contributed by atoms with Gasteiger partial charge in [0.2, 0.25) is 0 Å². The Hall–Kier alpha value is -0.780. The summed E-state index contributed by atoms with van der Waals surface area (Å²) in [5, 5.41) is 0. The Labute approximate surface area is 62.9 Å². The molecular weight excluding hydrogens is 120 g/mol. The molecular formula is C10H14. The fraction of sp³-hybridized carbons (Fsp3) is 0.400. The van der Waals surface area contributed by atoms with E-state index >= 15 is 0 Å². The lowest BCUT2D eigenvalue weighted by Gasteiger charge is -2.10. The van der Waals surface area contributed by atoms with Gasteiger partial charge in [-0.25, -0.2) is 0 Å². The molecule has 1 atom stereocenters. The first-order valence-corrected chi connectivity index (χ1v) is 3.83. The average Bonchev–Trinajstić information content (AvgIpc) is 1.88. The van der Waals surface area contributed by atoms with Crippen LogP contribution in [0.5, 0.6) is 0 Å². The van der Waals surface area contributed by atoms with Crippen LogP contribution in [0.15, 0.2) is 36.0 Å². The summed E-state index contributed by atoms with van der Waals surface area (Å²) >= 11 is 0. The third-order valence-electron chi connectivity index (χ3n) is 1.69. The van der Waals surface area contributed by atoms with E-state index in [1.54, 1.807) is 0 Å². The largest absolute Gasteiger partial charge is 0.0874 e. The Balaban J connectivity index is 2.61. The Morgan fingerprint density at radius 3 is 3.00 bits per heavy atom. The highest BCUT2D eigenvalue weighted by Gasteiger charge is 2.02. The molecule has 0 saturated heterocycles. The van der Waals surface area contributed by atoms with Crippen molar-refractivity contribution in [3.05, 3.63) is 36.0 Å². The summed E-state index contributed by atoms with van der Waals surface area (Å²) in [6.07, 6.45) is 12.0. The number of hydrogen-bond donors (Lipinski definition) is 0. The van der Waals surface area contributed by atoms with Crippen LogP contribution in [0, 0.1) is 5.92 Å². The van der Waals surface area contributed by atoms with Crippen molar-refractivity contribution in [3.63, 3.8) is 0 Å². The second kappa shape index (κ2) is 3.40. The predicted octanol–water partition coefficient (Wildman–Crippen LogP) is 3.08. The van der Waals surface area contributed by atoms with Crippen molar-refractivity contribution in [3.8, 4) is 0 Å². The Morgan fingerprint density at radius 2 is 2.40 bits per heavy atom. The van der Waals surface area contributed by atoms with Crippen molar-refractivity contribution in [1.82, 2.24) is 0 Å². The summed E-state index contributed by atoms with van der Waals surface area (Å²) in [5.41, 5.74) is 1.44. The van der Waals surface area contributed by atoms with Gasteiger partial charge in [-0.15, -0.1) is 0 Å². The van der Waals surface area contributed by atoms with Gasteiger partial charge in [0.05, 0.1) is 0 Å². The maximum absolute atomic E-state index is 2.24. The second-order valence-electron chi connectivity index (χ2n) is 2.81. The second-order valence-corrected chi connectivity index (χ2v) is 2.81. The van der Waals surface area contributed by atoms with E-state index in [0.29, 0.717) is 0 Å². The molecule has 0 aromatic heterocycles. The molecule has 0 aromatic carbocycles. The van der Waals surface area contributed by atoms with Gasteiger partial charge in [-0.1, -0.05) is 37.3 Å². The fourth-order valence-corrected chi connectivity index (χ4v) is 1.21. The summed E-state index contributed by atoms with van der Waals surface area (Å²) in [4.78, 5) is 0. The third kappa shape index (κ3) is 1.87. The van der Waals surface area contributed by atoms with Gasteiger partial charge in [0.1, 0.15) is 0 Å². The Bertz CT molecular complexity index is 182. The van der Waals surface area contributed by atoms with Crippen molar-refractivity contribution in [2.45, 2.75) is 20.3 Å². The highest BCUT2D eigenvalue weighted by atomic mass is 14.1. The average molecular weight is 134 g/mol. The van der Waals surface area contributed by atoms with Crippen LogP contribution in [0.2, 0.25) is 0 Å². The molecule has 0 radical (unpaired) electrons. The quantitative estimate of drug-likeness (QED) is 0.517. The van der Waals surface area contributed by atoms with E-state index in [2.05, 4.69) is 44.2 Å². The molecule has 0 saturated carbocycles. The van der Waals surface area contributed by atoms with Crippen molar-refractivity contribution < 1.29 is 0 Å². The van der Waals surface area contributed by atoms with E-state index in [4.69, 9.17) is 0 Å². The predicted molar refractivity (Wildman–Crippen MR) is 45.8 cm³/mol. The van der Waals surface area contributed by atoms with Gasteiger partial charge < -0.3 is 0 Å². The van der Waals surface area contributed by atoms with Crippen molar-refractivity contribution in [2.24, 2.45) is 5.92 Å². The molecule has 0 nitrogen and oxygen atoms in total. The Morgan fingerprint density at radius 1 is 1.60 bits per heavy atom. The molecule has 1 aliphatic carbocycles. The van der Waals surface area contributed by atoms with Crippen LogP contribution in [-0.4, -0.2) is 0 Å². The number of hydrogen-bond acceptors (Lipinski definition) is 0. The van der Waals surface area contributed by atoms with Crippen molar-refractivity contribution in [2.75, 3.05) is 0 Å². The standard InChI is InChI=1S/C10H14/c1-3-5-10-7-4-6-9(2)8-10/h3-7,9H,8H2,1-2H3/b5-3-. The van der Waals surface area contributed by atoms with Crippen LogP contribution in [0.1, 0.15) is 20.3 Å². The lowest BCUT2D eigenvalue weighted by atomic mass is 9.96. The molecule has 1 unspecified atom stereocenters. The van der Waals surface area contributed by atoms with Crippen molar-refractivity contribution >= 4 is 0 Å². The molecule has 0 bridgehead atoms. The summed E-state index contributed by atoms with van der Waals surface area (Å²) in [6, 6.07) is 0. The molecule has 10 heavy (non-hydrogen) atoms. The van der Waals surface area contributed by atoms with Gasteiger partial charge in [-0.2, -0.15) is 0 Å².